The van der Waals surface area contributed by atoms with Crippen LogP contribution in [0, 0.1) is 0 Å². The first-order valence-corrected chi connectivity index (χ1v) is 23.0. The SMILES string of the molecule is CC/C=C\C/C=C\C/C=C\C/C=C\CCC(=O)OC(COC(=O)CCCCCCCCCCCCCCCCCCCCCCCC)COP(=O)(O)O. The lowest BCUT2D eigenvalue weighted by atomic mass is 10.0. The molecule has 0 aliphatic heterocycles. The van der Waals surface area contributed by atoms with Crippen LogP contribution in [0.5, 0.6) is 0 Å². The first kappa shape index (κ1) is 51.0. The number of hydrogen-bond acceptors (Lipinski definition) is 6. The number of phosphoric acid groups is 1. The van der Waals surface area contributed by atoms with Gasteiger partial charge in [0.05, 0.1) is 6.61 Å². The van der Waals surface area contributed by atoms with Crippen LogP contribution < -0.4 is 0 Å². The van der Waals surface area contributed by atoms with Crippen LogP contribution in [0.2, 0.25) is 0 Å². The molecule has 0 aliphatic rings. The highest BCUT2D eigenvalue weighted by atomic mass is 31.2. The van der Waals surface area contributed by atoms with Gasteiger partial charge in [-0.25, -0.2) is 4.57 Å². The third-order valence-electron chi connectivity index (χ3n) is 9.13. The summed E-state index contributed by atoms with van der Waals surface area (Å²) in [6.07, 6.45) is 48.7. The van der Waals surface area contributed by atoms with E-state index in [0.717, 1.165) is 44.9 Å². The molecule has 0 aromatic carbocycles. The quantitative estimate of drug-likeness (QED) is 0.0275. The zero-order chi connectivity index (χ0) is 38.9. The number of unbranched alkanes of at least 4 members (excludes halogenated alkanes) is 21. The average molecular weight is 767 g/mol. The molecule has 0 rings (SSSR count). The number of phosphoric ester groups is 1. The number of ether oxygens (including phenoxy) is 2. The Morgan fingerprint density at radius 1 is 0.509 bits per heavy atom. The molecule has 0 saturated heterocycles. The molecule has 0 fully saturated rings. The van der Waals surface area contributed by atoms with E-state index in [1.165, 1.54) is 122 Å². The van der Waals surface area contributed by atoms with Gasteiger partial charge in [-0.15, -0.1) is 0 Å². The lowest BCUT2D eigenvalue weighted by Gasteiger charge is -2.18. The van der Waals surface area contributed by atoms with E-state index < -0.39 is 32.5 Å². The summed E-state index contributed by atoms with van der Waals surface area (Å²) in [5, 5.41) is 0. The molecule has 1 atom stereocenters. The minimum Gasteiger partial charge on any atom is -0.462 e. The first-order valence-electron chi connectivity index (χ1n) is 21.4. The normalized spacial score (nSPS) is 12.9. The maximum Gasteiger partial charge on any atom is 0.469 e. The van der Waals surface area contributed by atoms with Gasteiger partial charge in [0.25, 0.3) is 0 Å². The Morgan fingerprint density at radius 2 is 0.906 bits per heavy atom. The minimum atomic E-state index is -4.77. The maximum atomic E-state index is 12.3. The van der Waals surface area contributed by atoms with E-state index in [0.29, 0.717) is 6.42 Å². The number of esters is 2. The molecule has 2 N–H and O–H groups in total. The number of rotatable bonds is 39. The van der Waals surface area contributed by atoms with Crippen molar-refractivity contribution in [1.82, 2.24) is 0 Å². The molecule has 0 aliphatic carbocycles. The molecular weight excluding hydrogens is 687 g/mol. The highest BCUT2D eigenvalue weighted by Gasteiger charge is 2.22. The third-order valence-corrected chi connectivity index (χ3v) is 9.61. The van der Waals surface area contributed by atoms with Crippen molar-refractivity contribution >= 4 is 19.8 Å². The molecule has 0 heterocycles. The smallest absolute Gasteiger partial charge is 0.462 e. The minimum absolute atomic E-state index is 0.0913. The van der Waals surface area contributed by atoms with Gasteiger partial charge in [-0.05, 0) is 38.5 Å². The second-order valence-electron chi connectivity index (χ2n) is 14.3. The Hall–Kier alpha value is -1.99. The van der Waals surface area contributed by atoms with E-state index in [-0.39, 0.29) is 19.4 Å². The molecule has 0 saturated carbocycles. The van der Waals surface area contributed by atoms with Gasteiger partial charge in [0, 0.05) is 12.8 Å². The van der Waals surface area contributed by atoms with Gasteiger partial charge >= 0.3 is 19.8 Å². The van der Waals surface area contributed by atoms with Crippen LogP contribution in [-0.4, -0.2) is 41.0 Å². The van der Waals surface area contributed by atoms with E-state index in [9.17, 15) is 14.2 Å². The van der Waals surface area contributed by atoms with Gasteiger partial charge in [0.2, 0.25) is 0 Å². The Kier molecular flexibility index (Phi) is 38.2. The summed E-state index contributed by atoms with van der Waals surface area (Å²) in [6, 6.07) is 0. The summed E-state index contributed by atoms with van der Waals surface area (Å²) in [7, 11) is -4.77. The molecule has 0 spiro atoms. The monoisotopic (exact) mass is 767 g/mol. The van der Waals surface area contributed by atoms with Crippen molar-refractivity contribution in [2.24, 2.45) is 0 Å². The van der Waals surface area contributed by atoms with E-state index >= 15 is 0 Å². The molecule has 0 aromatic rings. The summed E-state index contributed by atoms with van der Waals surface area (Å²) in [5.74, 6) is -0.974. The van der Waals surface area contributed by atoms with E-state index in [4.69, 9.17) is 19.3 Å². The van der Waals surface area contributed by atoms with Crippen molar-refractivity contribution in [1.29, 1.82) is 0 Å². The third kappa shape index (κ3) is 42.6. The summed E-state index contributed by atoms with van der Waals surface area (Å²) in [5.41, 5.74) is 0. The van der Waals surface area contributed by atoms with Gasteiger partial charge in [-0.3, -0.25) is 14.1 Å². The summed E-state index contributed by atoms with van der Waals surface area (Å²) in [4.78, 5) is 42.8. The van der Waals surface area contributed by atoms with Crippen LogP contribution in [0.1, 0.15) is 200 Å². The van der Waals surface area contributed by atoms with E-state index in [2.05, 4.69) is 54.8 Å². The number of hydrogen-bond donors (Lipinski definition) is 2. The van der Waals surface area contributed by atoms with Crippen molar-refractivity contribution in [3.63, 3.8) is 0 Å². The molecule has 0 radical (unpaired) electrons. The fraction of sp³-hybridized carbons (Fsp3) is 0.773. The molecule has 0 bridgehead atoms. The predicted octanol–water partition coefficient (Wildman–Crippen LogP) is 13.1. The zero-order valence-corrected chi connectivity index (χ0v) is 34.8. The highest BCUT2D eigenvalue weighted by Crippen LogP contribution is 2.36. The summed E-state index contributed by atoms with van der Waals surface area (Å²) in [6.45, 7) is 3.52. The maximum absolute atomic E-state index is 12.3. The van der Waals surface area contributed by atoms with Crippen LogP contribution in [0.3, 0.4) is 0 Å². The Labute approximate surface area is 324 Å². The number of carbonyl (C=O) groups excluding carboxylic acids is 2. The Balaban J connectivity index is 3.88. The zero-order valence-electron chi connectivity index (χ0n) is 33.9. The van der Waals surface area contributed by atoms with Crippen molar-refractivity contribution in [2.75, 3.05) is 13.2 Å². The fourth-order valence-corrected chi connectivity index (χ4v) is 6.34. The average Bonchev–Trinajstić information content (AvgIpc) is 3.13. The molecule has 308 valence electrons. The number of allylic oxidation sites excluding steroid dienone is 8. The molecule has 53 heavy (non-hydrogen) atoms. The van der Waals surface area contributed by atoms with Crippen molar-refractivity contribution in [3.8, 4) is 0 Å². The topological polar surface area (TPSA) is 119 Å². The van der Waals surface area contributed by atoms with Crippen molar-refractivity contribution in [2.45, 2.75) is 206 Å². The van der Waals surface area contributed by atoms with Crippen LogP contribution in [0.4, 0.5) is 0 Å². The summed E-state index contributed by atoms with van der Waals surface area (Å²) >= 11 is 0. The van der Waals surface area contributed by atoms with Crippen LogP contribution >= 0.6 is 7.82 Å². The highest BCUT2D eigenvalue weighted by molar-refractivity contribution is 7.46. The van der Waals surface area contributed by atoms with Crippen LogP contribution in [0.25, 0.3) is 0 Å². The Morgan fingerprint density at radius 3 is 1.32 bits per heavy atom. The van der Waals surface area contributed by atoms with E-state index in [1.807, 2.05) is 12.2 Å². The molecule has 0 aromatic heterocycles. The second-order valence-corrected chi connectivity index (χ2v) is 15.5. The van der Waals surface area contributed by atoms with E-state index in [1.54, 1.807) is 0 Å². The second kappa shape index (κ2) is 39.7. The van der Waals surface area contributed by atoms with Gasteiger partial charge in [-0.1, -0.05) is 197 Å². The molecule has 9 heteroatoms. The largest absolute Gasteiger partial charge is 0.469 e. The van der Waals surface area contributed by atoms with Gasteiger partial charge in [0.15, 0.2) is 6.10 Å². The Bertz CT molecular complexity index is 999. The van der Waals surface area contributed by atoms with Gasteiger partial charge < -0.3 is 19.3 Å². The van der Waals surface area contributed by atoms with Crippen molar-refractivity contribution < 1.29 is 37.9 Å². The van der Waals surface area contributed by atoms with Gasteiger partial charge in [-0.2, -0.15) is 0 Å². The molecule has 0 amide bonds. The van der Waals surface area contributed by atoms with Gasteiger partial charge in [0.1, 0.15) is 6.61 Å². The van der Waals surface area contributed by atoms with Crippen molar-refractivity contribution in [3.05, 3.63) is 48.6 Å². The molecule has 1 unspecified atom stereocenters. The lowest BCUT2D eigenvalue weighted by Crippen LogP contribution is -2.29. The predicted molar refractivity (Wildman–Crippen MR) is 221 cm³/mol. The fourth-order valence-electron chi connectivity index (χ4n) is 5.98. The lowest BCUT2D eigenvalue weighted by molar-refractivity contribution is -0.161. The number of carbonyl (C=O) groups is 2. The summed E-state index contributed by atoms with van der Waals surface area (Å²) < 4.78 is 26.3. The standard InChI is InChI=1S/C44H79O8P/c1-3-5-7-9-11-13-15-17-18-19-20-21-22-23-24-25-27-28-30-32-34-36-38-43(45)50-40-42(41-51-53(47,48)49)52-44(46)39-37-35-33-31-29-26-16-14-12-10-8-6-4-2/h6,8,12,14,26,29,33,35,42H,3-5,7,9-11,13,15-25,27-28,30-32,34,36-41H2,1-2H3,(H2,47,48,49)/b8-6-,14-12-,29-26-,35-33-. The molecule has 8 nitrogen and oxygen atoms in total. The molecular formula is C44H79O8P. The van der Waals surface area contributed by atoms with Crippen LogP contribution in [-0.2, 0) is 28.2 Å². The first-order chi connectivity index (χ1) is 25.8. The van der Waals surface area contributed by atoms with Crippen LogP contribution in [0.15, 0.2) is 48.6 Å².